The van der Waals surface area contributed by atoms with Gasteiger partial charge in [-0.25, -0.2) is 9.18 Å². The normalized spacial score (nSPS) is 10.5. The van der Waals surface area contributed by atoms with Crippen molar-refractivity contribution >= 4 is 28.2 Å². The maximum absolute atomic E-state index is 13.3. The zero-order valence-corrected chi connectivity index (χ0v) is 19.6. The zero-order valence-electron chi connectivity index (χ0n) is 18.8. The molecule has 6 nitrogen and oxygen atoms in total. The van der Waals surface area contributed by atoms with Gasteiger partial charge in [0, 0.05) is 17.4 Å². The molecule has 3 rings (SSSR count). The van der Waals surface area contributed by atoms with E-state index in [-0.39, 0.29) is 30.3 Å². The van der Waals surface area contributed by atoms with Crippen LogP contribution in [-0.2, 0) is 16.0 Å². The molecule has 0 saturated carbocycles. The summed E-state index contributed by atoms with van der Waals surface area (Å²) in [6.07, 6.45) is 0.697. The first-order valence-corrected chi connectivity index (χ1v) is 11.5. The van der Waals surface area contributed by atoms with Gasteiger partial charge in [-0.2, -0.15) is 0 Å². The number of anilines is 1. The van der Waals surface area contributed by atoms with Crippen LogP contribution in [0.5, 0.6) is 11.5 Å². The number of rotatable bonds is 10. The number of benzene rings is 2. The largest absolute Gasteiger partial charge is 0.493 e. The van der Waals surface area contributed by atoms with Crippen LogP contribution in [0, 0.1) is 5.82 Å². The molecule has 0 radical (unpaired) electrons. The highest BCUT2D eigenvalue weighted by atomic mass is 32.1. The van der Waals surface area contributed by atoms with Gasteiger partial charge in [0.2, 0.25) is 5.91 Å². The molecule has 1 heterocycles. The molecule has 0 aliphatic heterocycles. The van der Waals surface area contributed by atoms with E-state index in [4.69, 9.17) is 14.2 Å². The van der Waals surface area contributed by atoms with Crippen LogP contribution >= 0.6 is 11.3 Å². The number of halogens is 1. The van der Waals surface area contributed by atoms with Gasteiger partial charge < -0.3 is 19.5 Å². The van der Waals surface area contributed by atoms with Crippen LogP contribution in [0.3, 0.4) is 0 Å². The van der Waals surface area contributed by atoms with Crippen molar-refractivity contribution in [2.24, 2.45) is 0 Å². The maximum Gasteiger partial charge on any atom is 0.341 e. The molecule has 0 spiro atoms. The van der Waals surface area contributed by atoms with Crippen molar-refractivity contribution in [1.29, 1.82) is 0 Å². The molecule has 33 heavy (non-hydrogen) atoms. The molecule has 1 aromatic heterocycles. The predicted octanol–water partition coefficient (Wildman–Crippen LogP) is 5.71. The smallest absolute Gasteiger partial charge is 0.341 e. The summed E-state index contributed by atoms with van der Waals surface area (Å²) in [6, 6.07) is 11.4. The number of nitrogens with one attached hydrogen (secondary N) is 1. The van der Waals surface area contributed by atoms with E-state index >= 15 is 0 Å². The van der Waals surface area contributed by atoms with Crippen LogP contribution in [0.4, 0.5) is 9.39 Å². The number of carbonyl (C=O) groups excluding carboxylic acids is 2. The second-order valence-corrected chi connectivity index (χ2v) is 7.93. The van der Waals surface area contributed by atoms with Gasteiger partial charge in [0.15, 0.2) is 11.5 Å². The number of esters is 1. The first-order chi connectivity index (χ1) is 16.0. The van der Waals surface area contributed by atoms with E-state index in [2.05, 4.69) is 5.32 Å². The van der Waals surface area contributed by atoms with Gasteiger partial charge in [0.25, 0.3) is 0 Å². The number of amides is 1. The van der Waals surface area contributed by atoms with E-state index in [1.54, 1.807) is 31.5 Å². The third-order valence-electron chi connectivity index (χ3n) is 4.85. The molecule has 174 valence electrons. The number of methoxy groups -OCH3 is 1. The second-order valence-electron chi connectivity index (χ2n) is 7.05. The van der Waals surface area contributed by atoms with E-state index < -0.39 is 5.97 Å². The molecule has 0 unspecified atom stereocenters. The predicted molar refractivity (Wildman–Crippen MR) is 127 cm³/mol. The fourth-order valence-corrected chi connectivity index (χ4v) is 4.26. The molecule has 3 aromatic rings. The minimum absolute atomic E-state index is 0.199. The van der Waals surface area contributed by atoms with Gasteiger partial charge in [0.1, 0.15) is 16.4 Å². The fourth-order valence-electron chi connectivity index (χ4n) is 3.29. The van der Waals surface area contributed by atoms with Gasteiger partial charge in [-0.05, 0) is 55.7 Å². The molecule has 0 aliphatic rings. The molecule has 8 heteroatoms. The number of aryl methyl sites for hydroxylation is 1. The molecule has 1 N–H and O–H groups in total. The van der Waals surface area contributed by atoms with Gasteiger partial charge in [-0.3, -0.25) is 4.79 Å². The minimum Gasteiger partial charge on any atom is -0.493 e. The average molecular weight is 472 g/mol. The van der Waals surface area contributed by atoms with Crippen molar-refractivity contribution in [3.63, 3.8) is 0 Å². The lowest BCUT2D eigenvalue weighted by Crippen LogP contribution is -2.15. The Bertz CT molecular complexity index is 1110. The molecule has 2 aromatic carbocycles. The van der Waals surface area contributed by atoms with Crippen molar-refractivity contribution in [3.8, 4) is 22.6 Å². The summed E-state index contributed by atoms with van der Waals surface area (Å²) in [6.45, 7) is 4.34. The Labute approximate surface area is 196 Å². The first-order valence-electron chi connectivity index (χ1n) is 10.6. The molecule has 0 atom stereocenters. The Balaban J connectivity index is 1.75. The second kappa shape index (κ2) is 11.5. The minimum atomic E-state index is -0.537. The summed E-state index contributed by atoms with van der Waals surface area (Å²) in [5.74, 6) is 0.123. The van der Waals surface area contributed by atoms with Gasteiger partial charge in [0.05, 0.1) is 20.3 Å². The van der Waals surface area contributed by atoms with Gasteiger partial charge >= 0.3 is 5.97 Å². The fraction of sp³-hybridized carbons (Fsp3) is 0.280. The van der Waals surface area contributed by atoms with Crippen molar-refractivity contribution in [3.05, 3.63) is 64.8 Å². The Hall–Kier alpha value is -3.39. The zero-order chi connectivity index (χ0) is 23.8. The third kappa shape index (κ3) is 6.10. The SMILES string of the molecule is CCOC(=O)c1c(-c2ccc(F)cc2)csc1NC(=O)CCc1ccc(OCC)c(OC)c1. The Morgan fingerprint density at radius 2 is 1.79 bits per heavy atom. The van der Waals surface area contributed by atoms with Gasteiger partial charge in [-0.15, -0.1) is 11.3 Å². The van der Waals surface area contributed by atoms with E-state index in [0.717, 1.165) is 5.56 Å². The summed E-state index contributed by atoms with van der Waals surface area (Å²) in [4.78, 5) is 25.3. The number of carbonyl (C=O) groups is 2. The third-order valence-corrected chi connectivity index (χ3v) is 5.74. The highest BCUT2D eigenvalue weighted by Crippen LogP contribution is 2.36. The molecule has 0 fully saturated rings. The summed E-state index contributed by atoms with van der Waals surface area (Å²) in [5.41, 5.74) is 2.45. The number of hydrogen-bond donors (Lipinski definition) is 1. The molecule has 0 saturated heterocycles. The van der Waals surface area contributed by atoms with Crippen LogP contribution in [0.15, 0.2) is 47.8 Å². The van der Waals surface area contributed by atoms with E-state index in [1.807, 2.05) is 25.1 Å². The summed E-state index contributed by atoms with van der Waals surface area (Å²) in [7, 11) is 1.57. The molecule has 0 bridgehead atoms. The van der Waals surface area contributed by atoms with Crippen molar-refractivity contribution in [1.82, 2.24) is 0 Å². The Kier molecular flexibility index (Phi) is 8.43. The van der Waals surface area contributed by atoms with Crippen molar-refractivity contribution in [2.75, 3.05) is 25.6 Å². The average Bonchev–Trinajstić information content (AvgIpc) is 3.22. The van der Waals surface area contributed by atoms with Crippen molar-refractivity contribution < 1.29 is 28.2 Å². The van der Waals surface area contributed by atoms with Crippen LogP contribution in [0.25, 0.3) is 11.1 Å². The topological polar surface area (TPSA) is 73.9 Å². The van der Waals surface area contributed by atoms with Crippen LogP contribution < -0.4 is 14.8 Å². The Morgan fingerprint density at radius 1 is 1.03 bits per heavy atom. The molecule has 1 amide bonds. The lowest BCUT2D eigenvalue weighted by Gasteiger charge is -2.11. The highest BCUT2D eigenvalue weighted by Gasteiger charge is 2.23. The molecular weight excluding hydrogens is 445 g/mol. The lowest BCUT2D eigenvalue weighted by molar-refractivity contribution is -0.116. The van der Waals surface area contributed by atoms with E-state index in [9.17, 15) is 14.0 Å². The number of ether oxygens (including phenoxy) is 3. The monoisotopic (exact) mass is 471 g/mol. The first kappa shape index (κ1) is 24.3. The van der Waals surface area contributed by atoms with E-state index in [0.29, 0.717) is 40.7 Å². The quantitative estimate of drug-likeness (QED) is 0.384. The lowest BCUT2D eigenvalue weighted by atomic mass is 10.0. The van der Waals surface area contributed by atoms with E-state index in [1.165, 1.54) is 23.5 Å². The number of hydrogen-bond acceptors (Lipinski definition) is 6. The summed E-state index contributed by atoms with van der Waals surface area (Å²) < 4.78 is 29.4. The summed E-state index contributed by atoms with van der Waals surface area (Å²) in [5, 5.41) is 4.99. The van der Waals surface area contributed by atoms with Crippen molar-refractivity contribution in [2.45, 2.75) is 26.7 Å². The Morgan fingerprint density at radius 3 is 2.45 bits per heavy atom. The molecular formula is C25H26FNO5S. The maximum atomic E-state index is 13.3. The number of thiophene rings is 1. The van der Waals surface area contributed by atoms with Crippen LogP contribution in [-0.4, -0.2) is 32.2 Å². The summed E-state index contributed by atoms with van der Waals surface area (Å²) >= 11 is 1.23. The molecule has 0 aliphatic carbocycles. The standard InChI is InChI=1S/C25H26FNO5S/c1-4-31-20-12-6-16(14-21(20)30-3)7-13-22(28)27-24-23(25(29)32-5-2)19(15-33-24)17-8-10-18(26)11-9-17/h6,8-12,14-15H,4-5,7,13H2,1-3H3,(H,27,28). The van der Waals surface area contributed by atoms with Crippen LogP contribution in [0.1, 0.15) is 36.2 Å². The van der Waals surface area contributed by atoms with Gasteiger partial charge in [-0.1, -0.05) is 18.2 Å². The highest BCUT2D eigenvalue weighted by molar-refractivity contribution is 7.15. The van der Waals surface area contributed by atoms with Crippen LogP contribution in [0.2, 0.25) is 0 Å².